The Morgan fingerprint density at radius 2 is 1.51 bits per heavy atom. The fourth-order valence-electron chi connectivity index (χ4n) is 10.2. The van der Waals surface area contributed by atoms with Gasteiger partial charge in [-0.3, -0.25) is 5.26 Å². The van der Waals surface area contributed by atoms with Crippen molar-refractivity contribution in [3.63, 3.8) is 0 Å². The first-order chi connectivity index (χ1) is 16.0. The number of aliphatic hydroxyl groups excluding tert-OH is 2. The lowest BCUT2D eigenvalue weighted by atomic mass is 9.35. The molecule has 4 N–H and O–H groups in total. The van der Waals surface area contributed by atoms with Gasteiger partial charge in [-0.2, -0.15) is 0 Å². The van der Waals surface area contributed by atoms with Gasteiger partial charge < -0.3 is 15.3 Å². The van der Waals surface area contributed by atoms with Crippen molar-refractivity contribution in [2.24, 2.45) is 45.3 Å². The van der Waals surface area contributed by atoms with Crippen LogP contribution in [0.25, 0.3) is 0 Å². The summed E-state index contributed by atoms with van der Waals surface area (Å²) in [5, 5.41) is 43.4. The molecule has 0 spiro atoms. The first-order valence-corrected chi connectivity index (χ1v) is 14.0. The van der Waals surface area contributed by atoms with Crippen molar-refractivity contribution >= 4 is 0 Å². The van der Waals surface area contributed by atoms with Gasteiger partial charge in [0, 0.05) is 0 Å². The Balaban J connectivity index is 1.64. The molecule has 4 rings (SSSR count). The minimum absolute atomic E-state index is 0.0261. The van der Waals surface area contributed by atoms with Crippen molar-refractivity contribution in [1.29, 1.82) is 0 Å². The standard InChI is InChI=1S/C30H52O5/c1-25(2,35-34)13-9-14-30(8,33)19-10-16-29(7)24(19)20(31)18-22-27(5)15-12-23(32)26(3,4)21(27)11-17-28(22,29)6/h9,13,19-24,31-34H,10-12,14-18H2,1-8H3/b13-9+/t19-,20+,21-,22+,23-,24-,27-,28+,29+,30-/m0/s1. The lowest BCUT2D eigenvalue weighted by molar-refractivity contribution is -0.297. The smallest absolute Gasteiger partial charge is 0.116 e. The second-order valence-corrected chi connectivity index (χ2v) is 15.0. The zero-order chi connectivity index (χ0) is 26.2. The van der Waals surface area contributed by atoms with Crippen molar-refractivity contribution in [2.45, 2.75) is 130 Å². The van der Waals surface area contributed by atoms with Crippen LogP contribution in [0.4, 0.5) is 0 Å². The van der Waals surface area contributed by atoms with Crippen LogP contribution in [0.2, 0.25) is 0 Å². The summed E-state index contributed by atoms with van der Waals surface area (Å²) in [4.78, 5) is 4.52. The van der Waals surface area contributed by atoms with Gasteiger partial charge in [0.05, 0.1) is 17.8 Å². The van der Waals surface area contributed by atoms with Crippen LogP contribution in [-0.2, 0) is 4.89 Å². The molecule has 35 heavy (non-hydrogen) atoms. The minimum Gasteiger partial charge on any atom is -0.393 e. The van der Waals surface area contributed by atoms with Gasteiger partial charge in [0.1, 0.15) is 5.60 Å². The summed E-state index contributed by atoms with van der Waals surface area (Å²) in [7, 11) is 0. The van der Waals surface area contributed by atoms with E-state index in [-0.39, 0.29) is 39.6 Å². The normalized spacial score (nSPS) is 49.3. The molecule has 0 radical (unpaired) electrons. The lowest BCUT2D eigenvalue weighted by Gasteiger charge is -2.70. The third-order valence-electron chi connectivity index (χ3n) is 12.5. The minimum atomic E-state index is -0.938. The topological polar surface area (TPSA) is 90.2 Å². The van der Waals surface area contributed by atoms with E-state index in [2.05, 4.69) is 39.5 Å². The van der Waals surface area contributed by atoms with Gasteiger partial charge >= 0.3 is 0 Å². The number of hydrogen-bond acceptors (Lipinski definition) is 5. The summed E-state index contributed by atoms with van der Waals surface area (Å²) >= 11 is 0. The second-order valence-electron chi connectivity index (χ2n) is 15.0. The first kappa shape index (κ1) is 27.6. The fraction of sp³-hybridized carbons (Fsp3) is 0.933. The summed E-state index contributed by atoms with van der Waals surface area (Å²) in [5.74, 6) is 0.976. The number of fused-ring (bicyclic) bond motifs is 5. The molecule has 4 saturated carbocycles. The van der Waals surface area contributed by atoms with E-state index in [0.29, 0.717) is 18.3 Å². The van der Waals surface area contributed by atoms with E-state index in [1.807, 2.05) is 13.0 Å². The van der Waals surface area contributed by atoms with Crippen LogP contribution in [-0.4, -0.2) is 44.0 Å². The maximum absolute atomic E-state index is 11.8. The Morgan fingerprint density at radius 1 is 0.886 bits per heavy atom. The quantitative estimate of drug-likeness (QED) is 0.216. The predicted octanol–water partition coefficient (Wildman–Crippen LogP) is 5.97. The van der Waals surface area contributed by atoms with Crippen LogP contribution >= 0.6 is 0 Å². The maximum Gasteiger partial charge on any atom is 0.116 e. The second kappa shape index (κ2) is 8.53. The van der Waals surface area contributed by atoms with Gasteiger partial charge in [-0.1, -0.05) is 46.8 Å². The molecule has 5 nitrogen and oxygen atoms in total. The van der Waals surface area contributed by atoms with E-state index in [4.69, 9.17) is 5.26 Å². The van der Waals surface area contributed by atoms with E-state index in [0.717, 1.165) is 44.9 Å². The third-order valence-corrected chi connectivity index (χ3v) is 12.5. The van der Waals surface area contributed by atoms with Gasteiger partial charge in [0.15, 0.2) is 0 Å². The molecular formula is C30H52O5. The van der Waals surface area contributed by atoms with Crippen LogP contribution in [0.1, 0.15) is 107 Å². The molecule has 4 aliphatic rings. The van der Waals surface area contributed by atoms with Gasteiger partial charge in [-0.25, -0.2) is 4.89 Å². The summed E-state index contributed by atoms with van der Waals surface area (Å²) in [6, 6.07) is 0. The van der Waals surface area contributed by atoms with E-state index in [1.54, 1.807) is 19.9 Å². The highest BCUT2D eigenvalue weighted by molar-refractivity contribution is 5.20. The SMILES string of the molecule is CC(C)(/C=C/C[C@](C)(O)[C@H]1CC[C@]2(C)[C@@H]1[C@H](O)C[C@@H]1[C@@]3(C)CC[C@H](O)C(C)(C)[C@@H]3CC[C@]12C)OO. The van der Waals surface area contributed by atoms with Crippen molar-refractivity contribution in [3.05, 3.63) is 12.2 Å². The predicted molar refractivity (Wildman–Crippen MR) is 139 cm³/mol. The molecule has 10 atom stereocenters. The monoisotopic (exact) mass is 492 g/mol. The molecule has 5 heteroatoms. The molecule has 0 unspecified atom stereocenters. The summed E-state index contributed by atoms with van der Waals surface area (Å²) in [5.41, 5.74) is -1.64. The highest BCUT2D eigenvalue weighted by atomic mass is 17.1. The van der Waals surface area contributed by atoms with Crippen LogP contribution in [0.5, 0.6) is 0 Å². The number of hydrogen-bond donors (Lipinski definition) is 4. The summed E-state index contributed by atoms with van der Waals surface area (Å²) < 4.78 is 0. The number of rotatable bonds is 5. The van der Waals surface area contributed by atoms with Crippen molar-refractivity contribution in [3.8, 4) is 0 Å². The zero-order valence-corrected chi connectivity index (χ0v) is 23.5. The highest BCUT2D eigenvalue weighted by Crippen LogP contribution is 2.75. The zero-order valence-electron chi connectivity index (χ0n) is 23.5. The molecule has 0 aromatic heterocycles. The van der Waals surface area contributed by atoms with Crippen LogP contribution < -0.4 is 0 Å². The molecule has 0 aromatic carbocycles. The van der Waals surface area contributed by atoms with Crippen LogP contribution in [0.3, 0.4) is 0 Å². The van der Waals surface area contributed by atoms with Gasteiger partial charge in [0.25, 0.3) is 0 Å². The average Bonchev–Trinajstić information content (AvgIpc) is 3.14. The van der Waals surface area contributed by atoms with E-state index < -0.39 is 17.3 Å². The Labute approximate surface area is 213 Å². The molecule has 4 aliphatic carbocycles. The van der Waals surface area contributed by atoms with Crippen LogP contribution in [0.15, 0.2) is 12.2 Å². The molecule has 202 valence electrons. The summed E-state index contributed by atoms with van der Waals surface area (Å²) in [6.45, 7) is 17.4. The Morgan fingerprint density at radius 3 is 2.14 bits per heavy atom. The van der Waals surface area contributed by atoms with Crippen molar-refractivity contribution < 1.29 is 25.5 Å². The van der Waals surface area contributed by atoms with Crippen molar-refractivity contribution in [1.82, 2.24) is 0 Å². The van der Waals surface area contributed by atoms with Gasteiger partial charge in [-0.05, 0) is 117 Å². The molecule has 0 aromatic rings. The van der Waals surface area contributed by atoms with Gasteiger partial charge in [-0.15, -0.1) is 0 Å². The first-order valence-electron chi connectivity index (χ1n) is 14.0. The molecule has 0 aliphatic heterocycles. The molecule has 0 saturated heterocycles. The molecule has 4 fully saturated rings. The highest BCUT2D eigenvalue weighted by Gasteiger charge is 2.71. The van der Waals surface area contributed by atoms with Gasteiger partial charge in [0.2, 0.25) is 0 Å². The third kappa shape index (κ3) is 3.98. The molecular weight excluding hydrogens is 440 g/mol. The fourth-order valence-corrected chi connectivity index (χ4v) is 10.2. The molecule has 0 heterocycles. The Hall–Kier alpha value is -0.460. The van der Waals surface area contributed by atoms with E-state index >= 15 is 0 Å². The average molecular weight is 493 g/mol. The van der Waals surface area contributed by atoms with Crippen molar-refractivity contribution in [2.75, 3.05) is 0 Å². The maximum atomic E-state index is 11.8. The Kier molecular flexibility index (Phi) is 6.72. The lowest BCUT2D eigenvalue weighted by Crippen LogP contribution is -2.66. The van der Waals surface area contributed by atoms with Crippen LogP contribution in [0, 0.1) is 45.3 Å². The largest absolute Gasteiger partial charge is 0.393 e. The van der Waals surface area contributed by atoms with E-state index in [9.17, 15) is 15.3 Å². The molecule has 0 bridgehead atoms. The summed E-state index contributed by atoms with van der Waals surface area (Å²) in [6.07, 6.45) is 10.4. The number of aliphatic hydroxyl groups is 3. The van der Waals surface area contributed by atoms with E-state index in [1.165, 1.54) is 0 Å². The Bertz CT molecular complexity index is 833. The molecule has 0 amide bonds.